The van der Waals surface area contributed by atoms with Crippen LogP contribution in [0.2, 0.25) is 0 Å². The SMILES string of the molecule is Fc1cncs1. The summed E-state index contributed by atoms with van der Waals surface area (Å²) in [6.45, 7) is 0. The van der Waals surface area contributed by atoms with Gasteiger partial charge in [0.25, 0.3) is 0 Å². The molecule has 0 aromatic carbocycles. The van der Waals surface area contributed by atoms with Crippen molar-refractivity contribution in [2.24, 2.45) is 0 Å². The molecule has 32 valence electrons. The highest BCUT2D eigenvalue weighted by molar-refractivity contribution is 7.07. The van der Waals surface area contributed by atoms with Crippen LogP contribution in [0.4, 0.5) is 4.39 Å². The summed E-state index contributed by atoms with van der Waals surface area (Å²) in [6.07, 6.45) is 1.19. The number of halogens is 1. The summed E-state index contributed by atoms with van der Waals surface area (Å²) in [7, 11) is 0. The third kappa shape index (κ3) is 0.542. The fourth-order valence-corrected chi connectivity index (χ4v) is 0.544. The first-order chi connectivity index (χ1) is 2.89. The summed E-state index contributed by atoms with van der Waals surface area (Å²) >= 11 is 1.000. The van der Waals surface area contributed by atoms with Gasteiger partial charge in [-0.25, -0.2) is 4.98 Å². The Kier molecular flexibility index (Phi) is 0.837. The second-order valence-electron chi connectivity index (χ2n) is 0.806. The van der Waals surface area contributed by atoms with Crippen LogP contribution in [0.15, 0.2) is 11.7 Å². The smallest absolute Gasteiger partial charge is 0.196 e. The van der Waals surface area contributed by atoms with Crippen LogP contribution in [-0.2, 0) is 0 Å². The summed E-state index contributed by atoms with van der Waals surface area (Å²) < 4.78 is 11.6. The number of nitrogens with zero attached hydrogens (tertiary/aromatic N) is 1. The fourth-order valence-electron chi connectivity index (χ4n) is 0.200. The molecule has 0 spiro atoms. The zero-order valence-corrected chi connectivity index (χ0v) is 3.70. The maximum atomic E-state index is 11.6. The maximum absolute atomic E-state index is 11.6. The van der Waals surface area contributed by atoms with E-state index < -0.39 is 0 Å². The predicted molar refractivity (Wildman–Crippen MR) is 22.1 cm³/mol. The van der Waals surface area contributed by atoms with E-state index in [0.717, 1.165) is 11.3 Å². The molecule has 1 rings (SSSR count). The van der Waals surface area contributed by atoms with Crippen LogP contribution in [0.25, 0.3) is 0 Å². The second-order valence-corrected chi connectivity index (χ2v) is 1.64. The van der Waals surface area contributed by atoms with E-state index in [-0.39, 0.29) is 5.13 Å². The van der Waals surface area contributed by atoms with Gasteiger partial charge in [0.1, 0.15) is 0 Å². The quantitative estimate of drug-likeness (QED) is 0.482. The molecule has 0 aliphatic carbocycles. The van der Waals surface area contributed by atoms with Crippen LogP contribution in [-0.4, -0.2) is 4.98 Å². The van der Waals surface area contributed by atoms with Gasteiger partial charge in [0, 0.05) is 0 Å². The molecule has 0 saturated heterocycles. The molecule has 3 heteroatoms. The van der Waals surface area contributed by atoms with Gasteiger partial charge in [-0.2, -0.15) is 4.39 Å². The summed E-state index contributed by atoms with van der Waals surface area (Å²) in [5, 5.41) is -0.227. The van der Waals surface area contributed by atoms with E-state index in [0.29, 0.717) is 0 Å². The van der Waals surface area contributed by atoms with Gasteiger partial charge in [-0.15, -0.1) is 0 Å². The summed E-state index contributed by atoms with van der Waals surface area (Å²) in [5.74, 6) is 0. The number of thiazole rings is 1. The minimum absolute atomic E-state index is 0.227. The van der Waals surface area contributed by atoms with E-state index >= 15 is 0 Å². The van der Waals surface area contributed by atoms with Gasteiger partial charge in [-0.3, -0.25) is 0 Å². The van der Waals surface area contributed by atoms with Crippen LogP contribution >= 0.6 is 11.3 Å². The van der Waals surface area contributed by atoms with Gasteiger partial charge >= 0.3 is 0 Å². The minimum atomic E-state index is -0.227. The van der Waals surface area contributed by atoms with Crippen LogP contribution in [0, 0.1) is 5.13 Å². The minimum Gasteiger partial charge on any atom is -0.250 e. The molecule has 0 bridgehead atoms. The Morgan fingerprint density at radius 3 is 2.83 bits per heavy atom. The van der Waals surface area contributed by atoms with E-state index in [1.807, 2.05) is 0 Å². The summed E-state index contributed by atoms with van der Waals surface area (Å²) in [5.41, 5.74) is 1.45. The van der Waals surface area contributed by atoms with Crippen molar-refractivity contribution in [3.8, 4) is 0 Å². The van der Waals surface area contributed by atoms with Crippen LogP contribution < -0.4 is 0 Å². The first-order valence-electron chi connectivity index (χ1n) is 1.43. The first-order valence-corrected chi connectivity index (χ1v) is 2.31. The van der Waals surface area contributed by atoms with E-state index in [9.17, 15) is 4.39 Å². The first kappa shape index (κ1) is 3.74. The lowest BCUT2D eigenvalue weighted by molar-refractivity contribution is 0.653. The third-order valence-corrected chi connectivity index (χ3v) is 0.960. The van der Waals surface area contributed by atoms with E-state index in [1.165, 1.54) is 11.7 Å². The molecule has 0 N–H and O–H groups in total. The molecule has 1 nitrogen and oxygen atoms in total. The molecular formula is C3H2FNS. The van der Waals surface area contributed by atoms with E-state index in [4.69, 9.17) is 0 Å². The highest BCUT2D eigenvalue weighted by Gasteiger charge is 1.81. The lowest BCUT2D eigenvalue weighted by Crippen LogP contribution is -1.49. The zero-order chi connectivity index (χ0) is 4.41. The molecule has 0 aliphatic rings. The average Bonchev–Trinajstić information content (AvgIpc) is 1.86. The van der Waals surface area contributed by atoms with Crippen molar-refractivity contribution in [3.63, 3.8) is 0 Å². The number of hydrogen-bond donors (Lipinski definition) is 0. The molecule has 0 saturated carbocycles. The number of hydrogen-bond acceptors (Lipinski definition) is 2. The zero-order valence-electron chi connectivity index (χ0n) is 2.89. The molecule has 1 aromatic rings. The Morgan fingerprint density at radius 2 is 2.67 bits per heavy atom. The van der Waals surface area contributed by atoms with Gasteiger partial charge in [-0.05, 0) is 0 Å². The van der Waals surface area contributed by atoms with Crippen LogP contribution in [0.5, 0.6) is 0 Å². The van der Waals surface area contributed by atoms with Crippen molar-refractivity contribution >= 4 is 11.3 Å². The van der Waals surface area contributed by atoms with Crippen molar-refractivity contribution in [3.05, 3.63) is 16.8 Å². The topological polar surface area (TPSA) is 12.9 Å². The molecule has 0 fully saturated rings. The molecule has 0 atom stereocenters. The monoisotopic (exact) mass is 103 g/mol. The molecular weight excluding hydrogens is 101 g/mol. The van der Waals surface area contributed by atoms with Crippen molar-refractivity contribution in [1.29, 1.82) is 0 Å². The lowest BCUT2D eigenvalue weighted by Gasteiger charge is -1.57. The summed E-state index contributed by atoms with van der Waals surface area (Å²) in [6, 6.07) is 0. The van der Waals surface area contributed by atoms with Crippen molar-refractivity contribution in [1.82, 2.24) is 4.98 Å². The molecule has 1 aromatic heterocycles. The average molecular weight is 103 g/mol. The van der Waals surface area contributed by atoms with Gasteiger partial charge in [-0.1, -0.05) is 11.3 Å². The molecule has 1 heterocycles. The lowest BCUT2D eigenvalue weighted by atomic mass is 11.0. The predicted octanol–water partition coefficient (Wildman–Crippen LogP) is 1.28. The van der Waals surface area contributed by atoms with Gasteiger partial charge in [0.15, 0.2) is 5.13 Å². The van der Waals surface area contributed by atoms with Crippen LogP contribution in [0.3, 0.4) is 0 Å². The maximum Gasteiger partial charge on any atom is 0.196 e. The largest absolute Gasteiger partial charge is 0.250 e. The summed E-state index contributed by atoms with van der Waals surface area (Å²) in [4.78, 5) is 3.47. The highest BCUT2D eigenvalue weighted by Crippen LogP contribution is 1.99. The van der Waals surface area contributed by atoms with Crippen LogP contribution in [0.1, 0.15) is 0 Å². The standard InChI is InChI=1S/C3H2FNS/c4-3-1-5-2-6-3/h1-2H. The molecule has 6 heavy (non-hydrogen) atoms. The Labute approximate surface area is 38.5 Å². The molecule has 0 amide bonds. The van der Waals surface area contributed by atoms with E-state index in [1.54, 1.807) is 0 Å². The molecule has 0 aliphatic heterocycles. The molecule has 0 unspecified atom stereocenters. The van der Waals surface area contributed by atoms with Gasteiger partial charge in [0.2, 0.25) is 0 Å². The Hall–Kier alpha value is -0.440. The van der Waals surface area contributed by atoms with Gasteiger partial charge < -0.3 is 0 Å². The van der Waals surface area contributed by atoms with Crippen molar-refractivity contribution in [2.75, 3.05) is 0 Å². The molecule has 0 radical (unpaired) electrons. The number of aromatic nitrogens is 1. The normalized spacial score (nSPS) is 8.83. The fraction of sp³-hybridized carbons (Fsp3) is 0. The van der Waals surface area contributed by atoms with Crippen molar-refractivity contribution in [2.45, 2.75) is 0 Å². The highest BCUT2D eigenvalue weighted by atomic mass is 32.1. The van der Waals surface area contributed by atoms with Crippen molar-refractivity contribution < 1.29 is 4.39 Å². The Balaban J connectivity index is 3.05. The number of rotatable bonds is 0. The van der Waals surface area contributed by atoms with E-state index in [2.05, 4.69) is 4.98 Å². The van der Waals surface area contributed by atoms with Gasteiger partial charge in [0.05, 0.1) is 11.7 Å². The third-order valence-electron chi connectivity index (χ3n) is 0.402. The Morgan fingerprint density at radius 1 is 1.83 bits per heavy atom. The Bertz CT molecular complexity index is 114. The second kappa shape index (κ2) is 1.34.